The van der Waals surface area contributed by atoms with Crippen molar-refractivity contribution >= 4 is 5.91 Å². The van der Waals surface area contributed by atoms with Crippen LogP contribution in [0.1, 0.15) is 28.3 Å². The highest BCUT2D eigenvalue weighted by atomic mass is 16.5. The summed E-state index contributed by atoms with van der Waals surface area (Å²) in [4.78, 5) is 16.2. The topological polar surface area (TPSA) is 101 Å². The maximum Gasteiger partial charge on any atom is 0.226 e. The maximum atomic E-state index is 13.9. The molecule has 1 aliphatic heterocycles. The zero-order valence-corrected chi connectivity index (χ0v) is 25.9. The first kappa shape index (κ1) is 30.0. The number of carbonyl (C=O) groups excluding carboxylic acids is 1. The Kier molecular flexibility index (Phi) is 8.87. The molecule has 2 atom stereocenters. The number of ether oxygens (including phenoxy) is 1. The number of hydrogen-bond donors (Lipinski definition) is 1. The third-order valence-corrected chi connectivity index (χ3v) is 8.58. The molecule has 5 aromatic rings. The highest BCUT2D eigenvalue weighted by Crippen LogP contribution is 2.32. The van der Waals surface area contributed by atoms with Gasteiger partial charge in [0.25, 0.3) is 0 Å². The van der Waals surface area contributed by atoms with Crippen molar-refractivity contribution in [1.29, 1.82) is 5.26 Å². The summed E-state index contributed by atoms with van der Waals surface area (Å²) in [5.41, 5.74) is 8.11. The number of para-hydroxylation sites is 1. The lowest BCUT2D eigenvalue weighted by atomic mass is 9.90. The van der Waals surface area contributed by atoms with Gasteiger partial charge in [0, 0.05) is 57.5 Å². The third kappa shape index (κ3) is 6.43. The highest BCUT2D eigenvalue weighted by molar-refractivity contribution is 5.80. The quantitative estimate of drug-likeness (QED) is 0.245. The Morgan fingerprint density at radius 1 is 1.04 bits per heavy atom. The molecule has 0 unspecified atom stereocenters. The van der Waals surface area contributed by atoms with E-state index < -0.39 is 0 Å². The first-order chi connectivity index (χ1) is 21.9. The fourth-order valence-electron chi connectivity index (χ4n) is 6.29. The number of nitrogens with zero attached hydrogens (tertiary/aromatic N) is 6. The molecule has 0 bridgehead atoms. The molecule has 6 rings (SSSR count). The van der Waals surface area contributed by atoms with Gasteiger partial charge < -0.3 is 10.1 Å². The number of rotatable bonds is 10. The number of hydrogen-bond acceptors (Lipinski definition) is 6. The minimum atomic E-state index is -0.0954. The van der Waals surface area contributed by atoms with Crippen LogP contribution in [0.5, 0.6) is 0 Å². The van der Waals surface area contributed by atoms with Crippen molar-refractivity contribution in [3.63, 3.8) is 0 Å². The van der Waals surface area contributed by atoms with Crippen molar-refractivity contribution in [2.75, 3.05) is 33.4 Å². The van der Waals surface area contributed by atoms with Gasteiger partial charge in [0.2, 0.25) is 5.91 Å². The van der Waals surface area contributed by atoms with Gasteiger partial charge in [0.15, 0.2) is 0 Å². The zero-order chi connectivity index (χ0) is 31.3. The van der Waals surface area contributed by atoms with Crippen molar-refractivity contribution in [2.45, 2.75) is 25.3 Å². The van der Waals surface area contributed by atoms with Gasteiger partial charge in [-0.1, -0.05) is 60.7 Å². The molecule has 1 N–H and O–H groups in total. The van der Waals surface area contributed by atoms with Crippen LogP contribution < -0.4 is 5.32 Å². The second-order valence-corrected chi connectivity index (χ2v) is 11.6. The molecule has 1 aliphatic rings. The molecular formula is C36H37N7O2. The summed E-state index contributed by atoms with van der Waals surface area (Å²) in [5, 5.41) is 22.4. The van der Waals surface area contributed by atoms with Crippen molar-refractivity contribution in [1.82, 2.24) is 29.8 Å². The molecule has 0 aliphatic carbocycles. The largest absolute Gasteiger partial charge is 0.383 e. The lowest BCUT2D eigenvalue weighted by Gasteiger charge is -2.21. The van der Waals surface area contributed by atoms with E-state index in [4.69, 9.17) is 9.84 Å². The van der Waals surface area contributed by atoms with Crippen molar-refractivity contribution in [3.05, 3.63) is 114 Å². The molecule has 9 nitrogen and oxygen atoms in total. The van der Waals surface area contributed by atoms with Crippen LogP contribution in [0.25, 0.3) is 28.1 Å². The van der Waals surface area contributed by atoms with Crippen LogP contribution in [0.15, 0.2) is 91.3 Å². The SMILES string of the molecule is COCCN1C[C@@H](NC(=O)Cc2c(C)c(-c3cnn(C)c3)nn2-c2ccccc2)[C@H](c2cccc(-c3ccccc3C#N)c2)C1. The number of methoxy groups -OCH3 is 1. The number of likely N-dealkylation sites (tertiary alicyclic amines) is 1. The molecule has 2 aromatic heterocycles. The number of aryl methyl sites for hydroxylation is 1. The Morgan fingerprint density at radius 3 is 2.60 bits per heavy atom. The second-order valence-electron chi connectivity index (χ2n) is 11.6. The Morgan fingerprint density at radius 2 is 1.84 bits per heavy atom. The van der Waals surface area contributed by atoms with E-state index in [2.05, 4.69) is 33.5 Å². The van der Waals surface area contributed by atoms with E-state index in [1.165, 1.54) is 0 Å². The zero-order valence-electron chi connectivity index (χ0n) is 25.9. The van der Waals surface area contributed by atoms with Crippen molar-refractivity contribution in [2.24, 2.45) is 7.05 Å². The van der Waals surface area contributed by atoms with Crippen LogP contribution in [-0.4, -0.2) is 69.8 Å². The van der Waals surface area contributed by atoms with Gasteiger partial charge in [-0.25, -0.2) is 4.68 Å². The van der Waals surface area contributed by atoms with E-state index >= 15 is 0 Å². The summed E-state index contributed by atoms with van der Waals surface area (Å²) in [5.74, 6) is 0.0218. The van der Waals surface area contributed by atoms with Gasteiger partial charge in [-0.15, -0.1) is 0 Å². The number of aromatic nitrogens is 4. The van der Waals surface area contributed by atoms with Gasteiger partial charge in [0.1, 0.15) is 0 Å². The van der Waals surface area contributed by atoms with E-state index in [0.29, 0.717) is 12.2 Å². The Hall–Kier alpha value is -5.04. The van der Waals surface area contributed by atoms with E-state index in [-0.39, 0.29) is 24.3 Å². The van der Waals surface area contributed by atoms with Gasteiger partial charge in [0.05, 0.1) is 47.9 Å². The summed E-state index contributed by atoms with van der Waals surface area (Å²) in [6.07, 6.45) is 3.93. The summed E-state index contributed by atoms with van der Waals surface area (Å²) in [6.45, 7) is 4.94. The molecule has 1 saturated heterocycles. The normalized spacial score (nSPS) is 16.5. The molecule has 1 amide bonds. The molecule has 228 valence electrons. The molecule has 3 aromatic carbocycles. The number of carbonyl (C=O) groups is 1. The van der Waals surface area contributed by atoms with E-state index in [9.17, 15) is 10.1 Å². The van der Waals surface area contributed by atoms with E-state index in [1.807, 2.05) is 91.6 Å². The summed E-state index contributed by atoms with van der Waals surface area (Å²) >= 11 is 0. The second kappa shape index (κ2) is 13.3. The fraction of sp³-hybridized carbons (Fsp3) is 0.278. The Bertz CT molecular complexity index is 1840. The van der Waals surface area contributed by atoms with Crippen LogP contribution >= 0.6 is 0 Å². The monoisotopic (exact) mass is 599 g/mol. The van der Waals surface area contributed by atoms with Crippen LogP contribution in [0, 0.1) is 18.3 Å². The predicted molar refractivity (Wildman–Crippen MR) is 174 cm³/mol. The molecule has 0 radical (unpaired) electrons. The molecular weight excluding hydrogens is 562 g/mol. The third-order valence-electron chi connectivity index (χ3n) is 8.58. The molecule has 0 saturated carbocycles. The first-order valence-corrected chi connectivity index (χ1v) is 15.2. The molecule has 1 fully saturated rings. The lowest BCUT2D eigenvalue weighted by molar-refractivity contribution is -0.121. The summed E-state index contributed by atoms with van der Waals surface area (Å²) < 4.78 is 9.01. The average molecular weight is 600 g/mol. The smallest absolute Gasteiger partial charge is 0.226 e. The molecule has 3 heterocycles. The van der Waals surface area contributed by atoms with Crippen LogP contribution in [-0.2, 0) is 23.0 Å². The molecule has 0 spiro atoms. The number of benzene rings is 3. The minimum absolute atomic E-state index is 0.0532. The summed E-state index contributed by atoms with van der Waals surface area (Å²) in [7, 11) is 3.59. The molecule has 45 heavy (non-hydrogen) atoms. The van der Waals surface area contributed by atoms with Crippen molar-refractivity contribution < 1.29 is 9.53 Å². The standard InChI is InChI=1S/C36H37N7O2/c1-25-34(43(30-13-5-4-6-14-30)40-36(25)29-21-38-41(2)22-29)19-35(44)39-33-24-42(16-17-45-3)23-32(33)27-12-9-11-26(18-27)31-15-8-7-10-28(31)20-37/h4-15,18,21-22,32-33H,16-17,19,23-24H2,1-3H3,(H,39,44)/t32-,33+/m0/s1. The fourth-order valence-corrected chi connectivity index (χ4v) is 6.29. The van der Waals surface area contributed by atoms with Gasteiger partial charge >= 0.3 is 0 Å². The van der Waals surface area contributed by atoms with Crippen LogP contribution in [0.3, 0.4) is 0 Å². The number of nitriles is 1. The van der Waals surface area contributed by atoms with Gasteiger partial charge in [-0.3, -0.25) is 14.4 Å². The average Bonchev–Trinajstić information content (AvgIpc) is 3.77. The van der Waals surface area contributed by atoms with Crippen LogP contribution in [0.4, 0.5) is 0 Å². The van der Waals surface area contributed by atoms with Crippen LogP contribution in [0.2, 0.25) is 0 Å². The van der Waals surface area contributed by atoms with Gasteiger partial charge in [-0.05, 0) is 47.4 Å². The minimum Gasteiger partial charge on any atom is -0.383 e. The molecule has 9 heteroatoms. The first-order valence-electron chi connectivity index (χ1n) is 15.2. The van der Waals surface area contributed by atoms with E-state index in [1.54, 1.807) is 18.0 Å². The van der Waals surface area contributed by atoms with E-state index in [0.717, 1.165) is 64.5 Å². The Balaban J connectivity index is 1.29. The number of amides is 1. The predicted octanol–water partition coefficient (Wildman–Crippen LogP) is 4.89. The number of nitrogens with one attached hydrogen (secondary N) is 1. The maximum absolute atomic E-state index is 13.9. The lowest BCUT2D eigenvalue weighted by Crippen LogP contribution is -2.41. The highest BCUT2D eigenvalue weighted by Gasteiger charge is 2.35. The summed E-state index contributed by atoms with van der Waals surface area (Å²) in [6, 6.07) is 28.2. The Labute approximate surface area is 263 Å². The van der Waals surface area contributed by atoms with Crippen molar-refractivity contribution in [3.8, 4) is 34.1 Å². The van der Waals surface area contributed by atoms with Gasteiger partial charge in [-0.2, -0.15) is 15.5 Å².